The van der Waals surface area contributed by atoms with Crippen LogP contribution < -0.4 is 21.1 Å². The molecule has 0 bridgehead atoms. The normalized spacial score (nSPS) is 15.1. The number of hydrogen-bond donors (Lipinski definition) is 2. The Morgan fingerprint density at radius 3 is 2.38 bits per heavy atom. The van der Waals surface area contributed by atoms with Crippen molar-refractivity contribution in [3.8, 4) is 0 Å². The van der Waals surface area contributed by atoms with Gasteiger partial charge in [-0.15, -0.1) is 0 Å². The van der Waals surface area contributed by atoms with Crippen LogP contribution in [0.1, 0.15) is 0 Å². The van der Waals surface area contributed by atoms with E-state index in [1.807, 2.05) is 6.07 Å². The second-order valence-electron chi connectivity index (χ2n) is 4.53. The van der Waals surface area contributed by atoms with Crippen molar-refractivity contribution < 1.29 is 0 Å². The number of nitrogen functional groups attached to an aromatic ring is 1. The molecule has 0 radical (unpaired) electrons. The summed E-state index contributed by atoms with van der Waals surface area (Å²) in [7, 11) is 0. The van der Waals surface area contributed by atoms with E-state index in [1.165, 1.54) is 0 Å². The molecule has 9 heteroatoms. The van der Waals surface area contributed by atoms with E-state index in [-0.39, 0.29) is 0 Å². The summed E-state index contributed by atoms with van der Waals surface area (Å²) in [6.07, 6.45) is 5.22. The molecule has 0 amide bonds. The molecule has 21 heavy (non-hydrogen) atoms. The highest BCUT2D eigenvalue weighted by atomic mass is 79.9. The zero-order valence-electron chi connectivity index (χ0n) is 11.3. The first-order chi connectivity index (χ1) is 10.3. The van der Waals surface area contributed by atoms with Crippen molar-refractivity contribution in [1.82, 2.24) is 19.9 Å². The number of piperazine rings is 1. The molecule has 1 aliphatic rings. The lowest BCUT2D eigenvalue weighted by Gasteiger charge is -2.35. The molecule has 0 spiro atoms. The summed E-state index contributed by atoms with van der Waals surface area (Å²) in [5, 5.41) is 0. The number of hydrogen-bond acceptors (Lipinski definition) is 8. The maximum absolute atomic E-state index is 5.36. The number of anilines is 3. The fourth-order valence-electron chi connectivity index (χ4n) is 2.22. The van der Waals surface area contributed by atoms with Gasteiger partial charge in [0.25, 0.3) is 0 Å². The molecule has 0 aliphatic carbocycles. The highest BCUT2D eigenvalue weighted by Crippen LogP contribution is 2.25. The summed E-state index contributed by atoms with van der Waals surface area (Å²) in [6.45, 7) is 3.34. The molecule has 8 nitrogen and oxygen atoms in total. The molecule has 1 fully saturated rings. The molecule has 3 N–H and O–H groups in total. The van der Waals surface area contributed by atoms with E-state index < -0.39 is 0 Å². The summed E-state index contributed by atoms with van der Waals surface area (Å²) in [5.74, 6) is 7.37. The van der Waals surface area contributed by atoms with Crippen LogP contribution in [0.3, 0.4) is 0 Å². The molecule has 3 heterocycles. The van der Waals surface area contributed by atoms with Gasteiger partial charge < -0.3 is 9.80 Å². The molecule has 0 saturated carbocycles. The Labute approximate surface area is 130 Å². The van der Waals surface area contributed by atoms with E-state index in [0.29, 0.717) is 5.95 Å². The summed E-state index contributed by atoms with van der Waals surface area (Å²) in [4.78, 5) is 21.4. The Balaban J connectivity index is 1.71. The molecule has 3 rings (SSSR count). The zero-order chi connectivity index (χ0) is 14.7. The van der Waals surface area contributed by atoms with Crippen LogP contribution in [0.4, 0.5) is 17.7 Å². The van der Waals surface area contributed by atoms with Crippen molar-refractivity contribution in [3.05, 3.63) is 29.1 Å². The van der Waals surface area contributed by atoms with Crippen LogP contribution in [-0.2, 0) is 0 Å². The van der Waals surface area contributed by atoms with Crippen molar-refractivity contribution >= 4 is 33.6 Å². The summed E-state index contributed by atoms with van der Waals surface area (Å²) < 4.78 is 0.853. The van der Waals surface area contributed by atoms with Crippen LogP contribution >= 0.6 is 15.9 Å². The van der Waals surface area contributed by atoms with Crippen molar-refractivity contribution in [3.63, 3.8) is 0 Å². The maximum Gasteiger partial charge on any atom is 0.239 e. The number of hydrazine groups is 1. The quantitative estimate of drug-likeness (QED) is 0.615. The summed E-state index contributed by atoms with van der Waals surface area (Å²) >= 11 is 3.48. The lowest BCUT2D eigenvalue weighted by molar-refractivity contribution is 0.633. The van der Waals surface area contributed by atoms with E-state index in [1.54, 1.807) is 18.6 Å². The Bertz CT molecular complexity index is 599. The Morgan fingerprint density at radius 2 is 1.71 bits per heavy atom. The highest BCUT2D eigenvalue weighted by molar-refractivity contribution is 9.10. The van der Waals surface area contributed by atoms with Gasteiger partial charge in [0.2, 0.25) is 11.9 Å². The highest BCUT2D eigenvalue weighted by Gasteiger charge is 2.21. The van der Waals surface area contributed by atoms with Crippen LogP contribution in [0.2, 0.25) is 0 Å². The Hall–Kier alpha value is -2.00. The predicted molar refractivity (Wildman–Crippen MR) is 84.0 cm³/mol. The van der Waals surface area contributed by atoms with E-state index in [9.17, 15) is 0 Å². The van der Waals surface area contributed by atoms with E-state index in [2.05, 4.69) is 51.1 Å². The molecule has 2 aromatic heterocycles. The van der Waals surface area contributed by atoms with Crippen molar-refractivity contribution in [2.75, 3.05) is 41.4 Å². The van der Waals surface area contributed by atoms with Crippen molar-refractivity contribution in [1.29, 1.82) is 0 Å². The topological polar surface area (TPSA) is 96.1 Å². The molecule has 0 unspecified atom stereocenters. The average molecular weight is 351 g/mol. The number of aromatic nitrogens is 4. The van der Waals surface area contributed by atoms with Gasteiger partial charge in [-0.25, -0.2) is 20.8 Å². The van der Waals surface area contributed by atoms with Gasteiger partial charge in [-0.3, -0.25) is 5.43 Å². The monoisotopic (exact) mass is 350 g/mol. The second kappa shape index (κ2) is 6.19. The maximum atomic E-state index is 5.36. The molecule has 1 saturated heterocycles. The van der Waals surface area contributed by atoms with Crippen molar-refractivity contribution in [2.45, 2.75) is 0 Å². The first kappa shape index (κ1) is 14.0. The minimum atomic E-state index is 0.405. The third-order valence-corrected chi connectivity index (χ3v) is 3.83. The lowest BCUT2D eigenvalue weighted by atomic mass is 10.3. The molecule has 0 aromatic carbocycles. The van der Waals surface area contributed by atoms with Crippen LogP contribution in [0.15, 0.2) is 29.1 Å². The van der Waals surface area contributed by atoms with Crippen LogP contribution in [0.5, 0.6) is 0 Å². The van der Waals surface area contributed by atoms with Gasteiger partial charge in [-0.2, -0.15) is 4.98 Å². The lowest BCUT2D eigenvalue weighted by Crippen LogP contribution is -2.47. The van der Waals surface area contributed by atoms with E-state index in [4.69, 9.17) is 5.84 Å². The smallest absolute Gasteiger partial charge is 0.239 e. The number of nitrogens with one attached hydrogen (secondary N) is 1. The standard InChI is InChI=1S/C12H15BrN8/c13-9-8-17-11(19-14)18-10(9)20-4-6-21(7-5-20)12-15-2-1-3-16-12/h1-3,8H,4-7,14H2,(H,17,18,19). The largest absolute Gasteiger partial charge is 0.352 e. The first-order valence-electron chi connectivity index (χ1n) is 6.54. The van der Waals surface area contributed by atoms with Crippen LogP contribution in [-0.4, -0.2) is 46.1 Å². The van der Waals surface area contributed by atoms with Crippen LogP contribution in [0.25, 0.3) is 0 Å². The Morgan fingerprint density at radius 1 is 1.05 bits per heavy atom. The zero-order valence-corrected chi connectivity index (χ0v) is 12.9. The minimum absolute atomic E-state index is 0.405. The fraction of sp³-hybridized carbons (Fsp3) is 0.333. The number of nitrogens with two attached hydrogens (primary N) is 1. The van der Waals surface area contributed by atoms with Gasteiger partial charge in [0.15, 0.2) is 0 Å². The molecule has 110 valence electrons. The summed E-state index contributed by atoms with van der Waals surface area (Å²) in [6, 6.07) is 1.82. The van der Waals surface area contributed by atoms with Crippen LogP contribution in [0, 0.1) is 0 Å². The van der Waals surface area contributed by atoms with Gasteiger partial charge in [0.05, 0.1) is 4.47 Å². The molecule has 1 aliphatic heterocycles. The van der Waals surface area contributed by atoms with Gasteiger partial charge in [-0.1, -0.05) is 0 Å². The summed E-state index contributed by atoms with van der Waals surface area (Å²) in [5.41, 5.74) is 2.47. The van der Waals surface area contributed by atoms with Gasteiger partial charge in [0.1, 0.15) is 5.82 Å². The number of halogens is 1. The predicted octanol–water partition coefficient (Wildman–Crippen LogP) is 0.641. The number of nitrogens with zero attached hydrogens (tertiary/aromatic N) is 6. The van der Waals surface area contributed by atoms with Gasteiger partial charge in [-0.05, 0) is 22.0 Å². The molecular formula is C12H15BrN8. The Kier molecular flexibility index (Phi) is 4.11. The fourth-order valence-corrected chi connectivity index (χ4v) is 2.66. The number of rotatable bonds is 3. The van der Waals surface area contributed by atoms with Gasteiger partial charge in [0, 0.05) is 44.8 Å². The van der Waals surface area contributed by atoms with E-state index in [0.717, 1.165) is 42.4 Å². The SMILES string of the molecule is NNc1ncc(Br)c(N2CCN(c3ncccn3)CC2)n1. The molecule has 2 aromatic rings. The van der Waals surface area contributed by atoms with Crippen molar-refractivity contribution in [2.24, 2.45) is 5.84 Å². The third-order valence-electron chi connectivity index (χ3n) is 3.27. The molecular weight excluding hydrogens is 336 g/mol. The molecule has 0 atom stereocenters. The average Bonchev–Trinajstić information content (AvgIpc) is 2.56. The first-order valence-corrected chi connectivity index (χ1v) is 7.33. The van der Waals surface area contributed by atoms with Gasteiger partial charge >= 0.3 is 0 Å². The van der Waals surface area contributed by atoms with E-state index >= 15 is 0 Å². The second-order valence-corrected chi connectivity index (χ2v) is 5.39. The minimum Gasteiger partial charge on any atom is -0.352 e. The third kappa shape index (κ3) is 3.03.